The van der Waals surface area contributed by atoms with Gasteiger partial charge in [-0.15, -0.1) is 0 Å². The number of halogens is 1. The van der Waals surface area contributed by atoms with Gasteiger partial charge in [-0.25, -0.2) is 0 Å². The Hall–Kier alpha value is -0.870. The molecule has 3 nitrogen and oxygen atoms in total. The molecule has 4 heteroatoms. The van der Waals surface area contributed by atoms with Gasteiger partial charge in [0.05, 0.1) is 12.7 Å². The zero-order valence-corrected chi connectivity index (χ0v) is 12.8. The van der Waals surface area contributed by atoms with Gasteiger partial charge in [-0.2, -0.15) is 0 Å². The molecule has 0 aliphatic heterocycles. The number of ketones is 1. The van der Waals surface area contributed by atoms with Crippen LogP contribution >= 0.6 is 15.9 Å². The molecule has 1 aromatic rings. The normalized spacial score (nSPS) is 11.4. The average molecular weight is 315 g/mol. The summed E-state index contributed by atoms with van der Waals surface area (Å²) in [7, 11) is 3.23. The van der Waals surface area contributed by atoms with Gasteiger partial charge in [-0.1, -0.05) is 15.9 Å². The molecule has 0 atom stereocenters. The van der Waals surface area contributed by atoms with Crippen molar-refractivity contribution >= 4 is 21.7 Å². The molecule has 0 bridgehead atoms. The Bertz CT molecular complexity index is 427. The molecule has 0 aliphatic rings. The van der Waals surface area contributed by atoms with Crippen molar-refractivity contribution < 1.29 is 14.3 Å². The lowest BCUT2D eigenvalue weighted by atomic mass is 9.97. The first-order valence-corrected chi connectivity index (χ1v) is 6.56. The fourth-order valence-corrected chi connectivity index (χ4v) is 2.12. The van der Waals surface area contributed by atoms with Crippen molar-refractivity contribution in [1.29, 1.82) is 0 Å². The average Bonchev–Trinajstić information content (AvgIpc) is 2.28. The van der Waals surface area contributed by atoms with Crippen molar-refractivity contribution in [3.63, 3.8) is 0 Å². The van der Waals surface area contributed by atoms with Crippen molar-refractivity contribution in [3.8, 4) is 5.75 Å². The highest BCUT2D eigenvalue weighted by Crippen LogP contribution is 2.25. The fourth-order valence-electron chi connectivity index (χ4n) is 1.71. The first-order valence-electron chi connectivity index (χ1n) is 5.77. The Morgan fingerprint density at radius 1 is 1.33 bits per heavy atom. The van der Waals surface area contributed by atoms with E-state index in [4.69, 9.17) is 9.47 Å². The van der Waals surface area contributed by atoms with Gasteiger partial charge in [0.25, 0.3) is 0 Å². The van der Waals surface area contributed by atoms with Gasteiger partial charge in [0.15, 0.2) is 0 Å². The molecule has 0 saturated carbocycles. The SMILES string of the molecule is COc1ccc(Br)cc1CC(=O)CC(C)(C)OC. The lowest BCUT2D eigenvalue weighted by molar-refractivity contribution is -0.123. The van der Waals surface area contributed by atoms with E-state index in [-0.39, 0.29) is 5.78 Å². The van der Waals surface area contributed by atoms with Gasteiger partial charge in [-0.3, -0.25) is 4.79 Å². The molecule has 0 unspecified atom stereocenters. The van der Waals surface area contributed by atoms with Crippen LogP contribution in [0.3, 0.4) is 0 Å². The quantitative estimate of drug-likeness (QED) is 0.807. The van der Waals surface area contributed by atoms with E-state index in [1.54, 1.807) is 14.2 Å². The van der Waals surface area contributed by atoms with E-state index in [0.29, 0.717) is 12.8 Å². The Kier molecular flexibility index (Phi) is 5.35. The van der Waals surface area contributed by atoms with Crippen LogP contribution in [0.2, 0.25) is 0 Å². The van der Waals surface area contributed by atoms with E-state index >= 15 is 0 Å². The third-order valence-electron chi connectivity index (χ3n) is 2.81. The topological polar surface area (TPSA) is 35.5 Å². The van der Waals surface area contributed by atoms with E-state index in [0.717, 1.165) is 15.8 Å². The largest absolute Gasteiger partial charge is 0.496 e. The number of benzene rings is 1. The summed E-state index contributed by atoms with van der Waals surface area (Å²) in [6.07, 6.45) is 0.745. The molecule has 18 heavy (non-hydrogen) atoms. The number of carbonyl (C=O) groups excluding carboxylic acids is 1. The molecule has 100 valence electrons. The maximum Gasteiger partial charge on any atom is 0.140 e. The maximum absolute atomic E-state index is 12.0. The smallest absolute Gasteiger partial charge is 0.140 e. The summed E-state index contributed by atoms with van der Waals surface area (Å²) in [5.41, 5.74) is 0.472. The third-order valence-corrected chi connectivity index (χ3v) is 3.30. The molecule has 0 amide bonds. The zero-order valence-electron chi connectivity index (χ0n) is 11.2. The molecule has 0 saturated heterocycles. The Balaban J connectivity index is 2.78. The highest BCUT2D eigenvalue weighted by Gasteiger charge is 2.21. The number of hydrogen-bond acceptors (Lipinski definition) is 3. The number of rotatable bonds is 6. The van der Waals surface area contributed by atoms with Crippen LogP contribution in [0.15, 0.2) is 22.7 Å². The summed E-state index contributed by atoms with van der Waals surface area (Å²) >= 11 is 3.40. The molecular formula is C14H19BrO3. The van der Waals surface area contributed by atoms with Crippen molar-refractivity contribution in [3.05, 3.63) is 28.2 Å². The summed E-state index contributed by atoms with van der Waals surface area (Å²) in [6, 6.07) is 5.66. The van der Waals surface area contributed by atoms with Crippen LogP contribution in [0.4, 0.5) is 0 Å². The highest BCUT2D eigenvalue weighted by molar-refractivity contribution is 9.10. The van der Waals surface area contributed by atoms with Gasteiger partial charge in [0.2, 0.25) is 0 Å². The van der Waals surface area contributed by atoms with Crippen molar-refractivity contribution in [2.45, 2.75) is 32.3 Å². The second-order valence-electron chi connectivity index (χ2n) is 4.81. The standard InChI is InChI=1S/C14H19BrO3/c1-14(2,18-4)9-12(16)8-10-7-11(15)5-6-13(10)17-3/h5-7H,8-9H2,1-4H3. The third kappa shape index (κ3) is 4.42. The van der Waals surface area contributed by atoms with Crippen molar-refractivity contribution in [2.75, 3.05) is 14.2 Å². The number of hydrogen-bond donors (Lipinski definition) is 0. The molecule has 1 rings (SSSR count). The summed E-state index contributed by atoms with van der Waals surface area (Å²) in [5.74, 6) is 0.875. The molecule has 0 heterocycles. The monoisotopic (exact) mass is 314 g/mol. The molecule has 0 aromatic heterocycles. The first-order chi connectivity index (χ1) is 8.38. The van der Waals surface area contributed by atoms with Gasteiger partial charge >= 0.3 is 0 Å². The minimum Gasteiger partial charge on any atom is -0.496 e. The Labute approximate surface area is 117 Å². The summed E-state index contributed by atoms with van der Waals surface area (Å²) < 4.78 is 11.5. The zero-order chi connectivity index (χ0) is 13.8. The van der Waals surface area contributed by atoms with E-state index in [1.807, 2.05) is 32.0 Å². The molecule has 0 N–H and O–H groups in total. The van der Waals surface area contributed by atoms with E-state index in [1.165, 1.54) is 0 Å². The predicted molar refractivity (Wildman–Crippen MR) is 75.1 cm³/mol. The van der Waals surface area contributed by atoms with Crippen LogP contribution < -0.4 is 4.74 Å². The Morgan fingerprint density at radius 3 is 2.56 bits per heavy atom. The lowest BCUT2D eigenvalue weighted by Crippen LogP contribution is -2.27. The molecule has 0 radical (unpaired) electrons. The maximum atomic E-state index is 12.0. The molecule has 0 fully saturated rings. The summed E-state index contributed by atoms with van der Waals surface area (Å²) in [6.45, 7) is 3.81. The van der Waals surface area contributed by atoms with E-state index in [9.17, 15) is 4.79 Å². The predicted octanol–water partition coefficient (Wildman–Crippen LogP) is 3.38. The molecular weight excluding hydrogens is 296 g/mol. The summed E-state index contributed by atoms with van der Waals surface area (Å²) in [5, 5.41) is 0. The number of carbonyl (C=O) groups is 1. The van der Waals surface area contributed by atoms with Crippen LogP contribution in [-0.4, -0.2) is 25.6 Å². The van der Waals surface area contributed by atoms with Crippen molar-refractivity contribution in [2.24, 2.45) is 0 Å². The van der Waals surface area contributed by atoms with Crippen LogP contribution in [0.25, 0.3) is 0 Å². The lowest BCUT2D eigenvalue weighted by Gasteiger charge is -2.22. The second kappa shape index (κ2) is 6.34. The number of ether oxygens (including phenoxy) is 2. The van der Waals surface area contributed by atoms with Gasteiger partial charge in [-0.05, 0) is 32.0 Å². The number of methoxy groups -OCH3 is 2. The van der Waals surface area contributed by atoms with Crippen LogP contribution in [0.5, 0.6) is 5.75 Å². The van der Waals surface area contributed by atoms with Gasteiger partial charge in [0.1, 0.15) is 11.5 Å². The van der Waals surface area contributed by atoms with Crippen LogP contribution in [0, 0.1) is 0 Å². The Morgan fingerprint density at radius 2 is 2.00 bits per heavy atom. The summed E-state index contributed by atoms with van der Waals surface area (Å²) in [4.78, 5) is 12.0. The molecule has 0 spiro atoms. The van der Waals surface area contributed by atoms with Crippen LogP contribution in [0.1, 0.15) is 25.8 Å². The van der Waals surface area contributed by atoms with E-state index < -0.39 is 5.60 Å². The fraction of sp³-hybridized carbons (Fsp3) is 0.500. The van der Waals surface area contributed by atoms with Gasteiger partial charge < -0.3 is 9.47 Å². The first kappa shape index (κ1) is 15.2. The molecule has 0 aliphatic carbocycles. The molecule has 1 aromatic carbocycles. The van der Waals surface area contributed by atoms with E-state index in [2.05, 4.69) is 15.9 Å². The van der Waals surface area contributed by atoms with Crippen LogP contribution in [-0.2, 0) is 16.0 Å². The minimum absolute atomic E-state index is 0.137. The minimum atomic E-state index is -0.420. The second-order valence-corrected chi connectivity index (χ2v) is 5.73. The van der Waals surface area contributed by atoms with Crippen molar-refractivity contribution in [1.82, 2.24) is 0 Å². The number of Topliss-reactive ketones (excluding diaryl/α,β-unsaturated/α-hetero) is 1. The van der Waals surface area contributed by atoms with Gasteiger partial charge in [0, 0.05) is 30.0 Å². The highest BCUT2D eigenvalue weighted by atomic mass is 79.9.